The zero-order valence-electron chi connectivity index (χ0n) is 13.1. The maximum absolute atomic E-state index is 12.1. The van der Waals surface area contributed by atoms with Crippen molar-refractivity contribution in [3.05, 3.63) is 47.5 Å². The van der Waals surface area contributed by atoms with Gasteiger partial charge in [0.2, 0.25) is 0 Å². The van der Waals surface area contributed by atoms with E-state index in [2.05, 4.69) is 37.8 Å². The fraction of sp³-hybridized carbons (Fsp3) is 0.500. The highest BCUT2D eigenvalue weighted by molar-refractivity contribution is 5.90. The van der Waals surface area contributed by atoms with Crippen molar-refractivity contribution in [2.45, 2.75) is 44.5 Å². The molecule has 2 saturated heterocycles. The molecule has 0 radical (unpaired) electrons. The molecule has 2 fully saturated rings. The number of fused-ring (bicyclic) bond motifs is 1. The van der Waals surface area contributed by atoms with Gasteiger partial charge in [-0.25, -0.2) is 4.79 Å². The van der Waals surface area contributed by atoms with Gasteiger partial charge in [0.1, 0.15) is 5.60 Å². The Morgan fingerprint density at radius 2 is 2.14 bits per heavy atom. The van der Waals surface area contributed by atoms with Crippen molar-refractivity contribution in [3.8, 4) is 0 Å². The maximum atomic E-state index is 12.1. The molecule has 0 N–H and O–H groups in total. The van der Waals surface area contributed by atoms with Crippen molar-refractivity contribution in [1.29, 1.82) is 0 Å². The van der Waals surface area contributed by atoms with Crippen molar-refractivity contribution in [3.63, 3.8) is 0 Å². The normalized spacial score (nSPS) is 30.1. The molecule has 3 rings (SSSR count). The molecular formula is C18H22O4. The van der Waals surface area contributed by atoms with Crippen LogP contribution in [-0.2, 0) is 19.0 Å². The average molecular weight is 302 g/mol. The first-order valence-electron chi connectivity index (χ1n) is 7.79. The first-order valence-corrected chi connectivity index (χ1v) is 7.79. The van der Waals surface area contributed by atoms with Crippen LogP contribution in [0.4, 0.5) is 0 Å². The summed E-state index contributed by atoms with van der Waals surface area (Å²) in [7, 11) is 0. The second-order valence-electron chi connectivity index (χ2n) is 5.95. The lowest BCUT2D eigenvalue weighted by atomic mass is 9.85. The zero-order chi connectivity index (χ0) is 15.7. The van der Waals surface area contributed by atoms with Gasteiger partial charge < -0.3 is 14.2 Å². The number of esters is 1. The van der Waals surface area contributed by atoms with Crippen molar-refractivity contribution in [2.75, 3.05) is 13.2 Å². The Hall–Kier alpha value is -1.65. The molecule has 4 nitrogen and oxygen atoms in total. The summed E-state index contributed by atoms with van der Waals surface area (Å²) in [5.74, 6) is -0.387. The van der Waals surface area contributed by atoms with Gasteiger partial charge in [0.05, 0.1) is 31.0 Å². The van der Waals surface area contributed by atoms with Crippen LogP contribution in [0.15, 0.2) is 36.4 Å². The summed E-state index contributed by atoms with van der Waals surface area (Å²) in [4.78, 5) is 12.1. The van der Waals surface area contributed by atoms with Gasteiger partial charge in [-0.3, -0.25) is 0 Å². The van der Waals surface area contributed by atoms with Gasteiger partial charge in [-0.15, -0.1) is 0 Å². The number of rotatable bonds is 4. The predicted molar refractivity (Wildman–Crippen MR) is 82.5 cm³/mol. The Kier molecular flexibility index (Phi) is 4.06. The van der Waals surface area contributed by atoms with E-state index < -0.39 is 5.60 Å². The van der Waals surface area contributed by atoms with E-state index in [0.29, 0.717) is 25.2 Å². The van der Waals surface area contributed by atoms with Gasteiger partial charge >= 0.3 is 5.97 Å². The van der Waals surface area contributed by atoms with E-state index in [0.717, 1.165) is 12.0 Å². The first-order chi connectivity index (χ1) is 10.6. The van der Waals surface area contributed by atoms with Crippen LogP contribution in [0.1, 0.15) is 37.0 Å². The quantitative estimate of drug-likeness (QED) is 0.633. The molecule has 0 aliphatic carbocycles. The highest BCUT2D eigenvalue weighted by Crippen LogP contribution is 2.50. The van der Waals surface area contributed by atoms with Crippen LogP contribution >= 0.6 is 0 Å². The van der Waals surface area contributed by atoms with Crippen molar-refractivity contribution >= 4 is 5.97 Å². The summed E-state index contributed by atoms with van der Waals surface area (Å²) in [6, 6.07) is 8.28. The molecule has 2 aliphatic rings. The number of carbonyl (C=O) groups is 1. The van der Waals surface area contributed by atoms with E-state index in [1.807, 2.05) is 0 Å². The Balaban J connectivity index is 1.83. The van der Waals surface area contributed by atoms with Gasteiger partial charge in [0.25, 0.3) is 0 Å². The Morgan fingerprint density at radius 3 is 2.82 bits per heavy atom. The summed E-state index contributed by atoms with van der Waals surface area (Å²) < 4.78 is 17.2. The van der Waals surface area contributed by atoms with Gasteiger partial charge in [-0.2, -0.15) is 0 Å². The number of ether oxygens (including phenoxy) is 3. The fourth-order valence-corrected chi connectivity index (χ4v) is 3.34. The van der Waals surface area contributed by atoms with E-state index in [1.165, 1.54) is 5.56 Å². The van der Waals surface area contributed by atoms with Gasteiger partial charge in [0.15, 0.2) is 0 Å². The average Bonchev–Trinajstić information content (AvgIpc) is 3.05. The Bertz CT molecular complexity index is 577. The van der Waals surface area contributed by atoms with Gasteiger partial charge in [-0.05, 0) is 19.4 Å². The van der Waals surface area contributed by atoms with Crippen LogP contribution in [0.3, 0.4) is 0 Å². The Morgan fingerprint density at radius 1 is 1.41 bits per heavy atom. The van der Waals surface area contributed by atoms with Crippen LogP contribution < -0.4 is 0 Å². The summed E-state index contributed by atoms with van der Waals surface area (Å²) in [6.45, 7) is 8.72. The lowest BCUT2D eigenvalue weighted by molar-refractivity contribution is -0.141. The molecule has 22 heavy (non-hydrogen) atoms. The molecule has 2 aliphatic heterocycles. The van der Waals surface area contributed by atoms with Crippen LogP contribution in [0.25, 0.3) is 0 Å². The van der Waals surface area contributed by atoms with E-state index in [9.17, 15) is 4.79 Å². The third-order valence-corrected chi connectivity index (χ3v) is 4.56. The smallest absolute Gasteiger partial charge is 0.336 e. The summed E-state index contributed by atoms with van der Waals surface area (Å²) in [5, 5.41) is 0. The van der Waals surface area contributed by atoms with E-state index >= 15 is 0 Å². The van der Waals surface area contributed by atoms with Crippen LogP contribution in [0, 0.1) is 6.92 Å². The summed E-state index contributed by atoms with van der Waals surface area (Å²) in [5.41, 5.74) is 1.97. The monoisotopic (exact) mass is 302 g/mol. The molecule has 0 aromatic heterocycles. The molecule has 2 unspecified atom stereocenters. The lowest BCUT2D eigenvalue weighted by Gasteiger charge is -2.27. The molecular weight excluding hydrogens is 280 g/mol. The molecule has 4 heteroatoms. The molecule has 1 aromatic carbocycles. The SMILES string of the molecule is C=C(C(=O)OCC)[C@]12CC(c3ccc(C)cc3)OC1CCO2. The molecule has 1 aromatic rings. The van der Waals surface area contributed by atoms with E-state index in [1.54, 1.807) is 6.92 Å². The molecule has 0 amide bonds. The van der Waals surface area contributed by atoms with Gasteiger partial charge in [-0.1, -0.05) is 36.4 Å². The number of benzene rings is 1. The second kappa shape index (κ2) is 5.86. The second-order valence-corrected chi connectivity index (χ2v) is 5.95. The van der Waals surface area contributed by atoms with Crippen LogP contribution in [0.5, 0.6) is 0 Å². The third kappa shape index (κ3) is 2.46. The summed E-state index contributed by atoms with van der Waals surface area (Å²) in [6.07, 6.45) is 1.19. The minimum atomic E-state index is -0.734. The molecule has 118 valence electrons. The zero-order valence-corrected chi connectivity index (χ0v) is 13.1. The minimum absolute atomic E-state index is 0.0722. The van der Waals surface area contributed by atoms with Crippen LogP contribution in [0.2, 0.25) is 0 Å². The predicted octanol–water partition coefficient (Wildman–Crippen LogP) is 3.10. The fourth-order valence-electron chi connectivity index (χ4n) is 3.34. The summed E-state index contributed by atoms with van der Waals surface area (Å²) >= 11 is 0. The number of carbonyl (C=O) groups excluding carboxylic acids is 1. The number of hydrogen-bond acceptors (Lipinski definition) is 4. The Labute approximate surface area is 131 Å². The number of hydrogen-bond donors (Lipinski definition) is 0. The standard InChI is InChI=1S/C18H22O4/c1-4-20-17(19)13(3)18-11-15(22-16(18)9-10-21-18)14-7-5-12(2)6-8-14/h5-8,15-16H,3-4,9-11H2,1-2H3/t15?,16?,18-/m1/s1. The molecule has 0 saturated carbocycles. The molecule has 0 spiro atoms. The van der Waals surface area contributed by atoms with E-state index in [-0.39, 0.29) is 18.2 Å². The van der Waals surface area contributed by atoms with Crippen molar-refractivity contribution in [1.82, 2.24) is 0 Å². The third-order valence-electron chi connectivity index (χ3n) is 4.56. The highest BCUT2D eigenvalue weighted by Gasteiger charge is 2.56. The van der Waals surface area contributed by atoms with Gasteiger partial charge in [0, 0.05) is 12.8 Å². The maximum Gasteiger partial charge on any atom is 0.336 e. The number of aryl methyl sites for hydroxylation is 1. The van der Waals surface area contributed by atoms with E-state index in [4.69, 9.17) is 14.2 Å². The molecule has 3 atom stereocenters. The largest absolute Gasteiger partial charge is 0.463 e. The molecule has 0 bridgehead atoms. The van der Waals surface area contributed by atoms with Crippen molar-refractivity contribution < 1.29 is 19.0 Å². The topological polar surface area (TPSA) is 44.8 Å². The highest BCUT2D eigenvalue weighted by atomic mass is 16.6. The molecule has 2 heterocycles. The lowest BCUT2D eigenvalue weighted by Crippen LogP contribution is -2.40. The van der Waals surface area contributed by atoms with Crippen LogP contribution in [-0.4, -0.2) is 30.9 Å². The minimum Gasteiger partial charge on any atom is -0.463 e. The van der Waals surface area contributed by atoms with Crippen molar-refractivity contribution in [2.24, 2.45) is 0 Å². The first kappa shape index (κ1) is 15.3.